The average Bonchev–Trinajstić information content (AvgIpc) is 3.28. The van der Waals surface area contributed by atoms with Crippen LogP contribution in [0, 0.1) is 5.92 Å². The van der Waals surface area contributed by atoms with Gasteiger partial charge in [0, 0.05) is 56.8 Å². The van der Waals surface area contributed by atoms with Crippen molar-refractivity contribution in [2.45, 2.75) is 13.5 Å². The highest BCUT2D eigenvalue weighted by atomic mass is 16.6. The minimum absolute atomic E-state index is 0.233. The molecule has 0 bridgehead atoms. The number of aliphatic carboxylic acids is 1. The zero-order chi connectivity index (χ0) is 26.2. The Balaban J connectivity index is 1.59. The maximum Gasteiger partial charge on any atom is 0.341 e. The van der Waals surface area contributed by atoms with Crippen molar-refractivity contribution in [3.8, 4) is 17.2 Å². The highest BCUT2D eigenvalue weighted by Gasteiger charge is 2.27. The highest BCUT2D eigenvalue weighted by Crippen LogP contribution is 2.41. The quantitative estimate of drug-likeness (QED) is 0.222. The maximum atomic E-state index is 11.2. The third kappa shape index (κ3) is 6.59. The first kappa shape index (κ1) is 26.5. The zero-order valence-corrected chi connectivity index (χ0v) is 21.4. The minimum Gasteiger partial charge on any atom is -0.493 e. The van der Waals surface area contributed by atoms with E-state index in [0.29, 0.717) is 42.1 Å². The molecule has 1 aliphatic rings. The molecule has 0 atom stereocenters. The second-order valence-corrected chi connectivity index (χ2v) is 8.74. The fourth-order valence-electron chi connectivity index (χ4n) is 4.38. The standard InChI is InChI=1S/C25H34N6O6/c1-4-35-5-6-36-23-19(34-3)7-18(8-20(23)37-14-21(32)33)30-25-22-17(10-27-24(22)28-15-29-25)13-31-11-16(12-31)9-26-2/h7-8,10,15-16,26H,4-6,9,11-14H2,1-3H3,(H,32,33)(H2,27,28,29,30). The van der Waals surface area contributed by atoms with Gasteiger partial charge in [0.15, 0.2) is 18.1 Å². The Morgan fingerprint density at radius 3 is 2.76 bits per heavy atom. The maximum absolute atomic E-state index is 11.2. The number of methoxy groups -OCH3 is 1. The van der Waals surface area contributed by atoms with Crippen molar-refractivity contribution >= 4 is 28.5 Å². The van der Waals surface area contributed by atoms with Crippen molar-refractivity contribution in [1.82, 2.24) is 25.2 Å². The van der Waals surface area contributed by atoms with Crippen LogP contribution in [0.5, 0.6) is 17.2 Å². The van der Waals surface area contributed by atoms with Gasteiger partial charge in [0.2, 0.25) is 5.75 Å². The Bertz CT molecular complexity index is 1200. The van der Waals surface area contributed by atoms with Crippen molar-refractivity contribution in [3.05, 3.63) is 30.2 Å². The van der Waals surface area contributed by atoms with Gasteiger partial charge in [-0.15, -0.1) is 0 Å². The molecular weight excluding hydrogens is 480 g/mol. The lowest BCUT2D eigenvalue weighted by Crippen LogP contribution is -2.49. The first-order chi connectivity index (χ1) is 18.0. The van der Waals surface area contributed by atoms with Crippen LogP contribution in [0.25, 0.3) is 11.0 Å². The number of hydrogen-bond donors (Lipinski definition) is 4. The summed E-state index contributed by atoms with van der Waals surface area (Å²) in [5.41, 5.74) is 2.41. The van der Waals surface area contributed by atoms with Gasteiger partial charge in [0.25, 0.3) is 0 Å². The second-order valence-electron chi connectivity index (χ2n) is 8.74. The summed E-state index contributed by atoms with van der Waals surface area (Å²) in [6, 6.07) is 3.42. The number of ether oxygens (including phenoxy) is 4. The molecule has 0 amide bonds. The molecule has 12 nitrogen and oxygen atoms in total. The number of H-pyrrole nitrogens is 1. The molecule has 1 aromatic carbocycles. The molecule has 0 unspecified atom stereocenters. The van der Waals surface area contributed by atoms with E-state index < -0.39 is 12.6 Å². The first-order valence-corrected chi connectivity index (χ1v) is 12.2. The van der Waals surface area contributed by atoms with Gasteiger partial charge in [0.1, 0.15) is 24.4 Å². The number of nitrogens with one attached hydrogen (secondary N) is 3. The molecule has 1 fully saturated rings. The molecule has 2 aromatic heterocycles. The lowest BCUT2D eigenvalue weighted by molar-refractivity contribution is -0.139. The third-order valence-electron chi connectivity index (χ3n) is 6.00. The number of anilines is 2. The smallest absolute Gasteiger partial charge is 0.341 e. The van der Waals surface area contributed by atoms with Crippen molar-refractivity contribution in [2.75, 3.05) is 65.5 Å². The Labute approximate surface area is 215 Å². The molecule has 3 aromatic rings. The van der Waals surface area contributed by atoms with Crippen molar-refractivity contribution in [2.24, 2.45) is 5.92 Å². The van der Waals surface area contributed by atoms with E-state index in [9.17, 15) is 4.79 Å². The van der Waals surface area contributed by atoms with Gasteiger partial charge < -0.3 is 39.7 Å². The Kier molecular flexibility index (Phi) is 8.99. The summed E-state index contributed by atoms with van der Waals surface area (Å²) in [5.74, 6) is 1.10. The summed E-state index contributed by atoms with van der Waals surface area (Å²) in [6.45, 7) is 6.43. The number of aromatic amines is 1. The molecule has 0 spiro atoms. The summed E-state index contributed by atoms with van der Waals surface area (Å²) < 4.78 is 22.2. The second kappa shape index (κ2) is 12.6. The molecular formula is C25H34N6O6. The van der Waals surface area contributed by atoms with E-state index in [1.54, 1.807) is 12.1 Å². The van der Waals surface area contributed by atoms with E-state index >= 15 is 0 Å². The van der Waals surface area contributed by atoms with Crippen molar-refractivity contribution in [1.29, 1.82) is 0 Å². The molecule has 0 saturated carbocycles. The number of benzene rings is 1. The number of carboxylic acid groups (broad SMARTS) is 1. The molecule has 12 heteroatoms. The number of fused-ring (bicyclic) bond motifs is 1. The normalized spacial score (nSPS) is 13.9. The fraction of sp³-hybridized carbons (Fsp3) is 0.480. The lowest BCUT2D eigenvalue weighted by atomic mass is 9.99. The number of aromatic nitrogens is 3. The van der Waals surface area contributed by atoms with Crippen LogP contribution in [0.3, 0.4) is 0 Å². The third-order valence-corrected chi connectivity index (χ3v) is 6.00. The van der Waals surface area contributed by atoms with E-state index in [-0.39, 0.29) is 12.4 Å². The highest BCUT2D eigenvalue weighted by molar-refractivity contribution is 5.92. The molecule has 200 valence electrons. The summed E-state index contributed by atoms with van der Waals surface area (Å²) in [6.07, 6.45) is 3.45. The van der Waals surface area contributed by atoms with Crippen LogP contribution in [0.4, 0.5) is 11.5 Å². The summed E-state index contributed by atoms with van der Waals surface area (Å²) in [4.78, 5) is 25.7. The molecule has 1 aliphatic heterocycles. The van der Waals surface area contributed by atoms with Gasteiger partial charge in [-0.25, -0.2) is 14.8 Å². The van der Waals surface area contributed by atoms with Crippen molar-refractivity contribution in [3.63, 3.8) is 0 Å². The van der Waals surface area contributed by atoms with Crippen LogP contribution in [-0.4, -0.2) is 91.1 Å². The molecule has 3 heterocycles. The van der Waals surface area contributed by atoms with Gasteiger partial charge in [-0.05, 0) is 25.5 Å². The molecule has 0 radical (unpaired) electrons. The van der Waals surface area contributed by atoms with Crippen LogP contribution in [0.1, 0.15) is 12.5 Å². The van der Waals surface area contributed by atoms with E-state index in [0.717, 1.165) is 42.8 Å². The van der Waals surface area contributed by atoms with Crippen molar-refractivity contribution < 1.29 is 28.8 Å². The Hall–Kier alpha value is -3.61. The monoisotopic (exact) mass is 514 g/mol. The summed E-state index contributed by atoms with van der Waals surface area (Å²) in [7, 11) is 3.49. The molecule has 0 aliphatic carbocycles. The van der Waals surface area contributed by atoms with Crippen LogP contribution < -0.4 is 24.8 Å². The molecule has 4 N–H and O–H groups in total. The summed E-state index contributed by atoms with van der Waals surface area (Å²) in [5, 5.41) is 16.6. The van der Waals surface area contributed by atoms with E-state index in [1.807, 2.05) is 20.2 Å². The Morgan fingerprint density at radius 1 is 1.22 bits per heavy atom. The first-order valence-electron chi connectivity index (χ1n) is 12.2. The number of carboxylic acids is 1. The fourth-order valence-corrected chi connectivity index (χ4v) is 4.38. The van der Waals surface area contributed by atoms with Crippen LogP contribution in [0.15, 0.2) is 24.7 Å². The van der Waals surface area contributed by atoms with Crippen LogP contribution in [-0.2, 0) is 16.1 Å². The van der Waals surface area contributed by atoms with Gasteiger partial charge in [-0.3, -0.25) is 4.90 Å². The predicted molar refractivity (Wildman–Crippen MR) is 138 cm³/mol. The number of nitrogens with zero attached hydrogens (tertiary/aromatic N) is 3. The zero-order valence-electron chi connectivity index (χ0n) is 21.4. The van der Waals surface area contributed by atoms with Crippen LogP contribution >= 0.6 is 0 Å². The summed E-state index contributed by atoms with van der Waals surface area (Å²) >= 11 is 0. The number of carbonyl (C=O) groups is 1. The topological polar surface area (TPSA) is 143 Å². The Morgan fingerprint density at radius 2 is 2.03 bits per heavy atom. The van der Waals surface area contributed by atoms with E-state index in [2.05, 4.69) is 30.5 Å². The van der Waals surface area contributed by atoms with Gasteiger partial charge in [0.05, 0.1) is 19.1 Å². The number of likely N-dealkylation sites (tertiary alicyclic amines) is 1. The SMILES string of the molecule is CCOCCOc1c(OC)cc(Nc2ncnc3[nH]cc(CN4CC(CNC)C4)c23)cc1OCC(=O)O. The van der Waals surface area contributed by atoms with Gasteiger partial charge in [-0.2, -0.15) is 0 Å². The minimum atomic E-state index is -1.10. The van der Waals surface area contributed by atoms with Crippen LogP contribution in [0.2, 0.25) is 0 Å². The van der Waals surface area contributed by atoms with Gasteiger partial charge >= 0.3 is 5.97 Å². The predicted octanol–water partition coefficient (Wildman–Crippen LogP) is 2.24. The molecule has 1 saturated heterocycles. The average molecular weight is 515 g/mol. The number of rotatable bonds is 15. The number of hydrogen-bond acceptors (Lipinski definition) is 10. The van der Waals surface area contributed by atoms with E-state index in [4.69, 9.17) is 24.1 Å². The van der Waals surface area contributed by atoms with Gasteiger partial charge in [-0.1, -0.05) is 0 Å². The largest absolute Gasteiger partial charge is 0.493 e. The molecule has 37 heavy (non-hydrogen) atoms. The van der Waals surface area contributed by atoms with E-state index in [1.165, 1.54) is 13.4 Å². The lowest BCUT2D eigenvalue weighted by Gasteiger charge is -2.39. The molecule has 4 rings (SSSR count).